The monoisotopic (exact) mass is 546 g/mol. The lowest BCUT2D eigenvalue weighted by Gasteiger charge is -2.14. The van der Waals surface area contributed by atoms with Crippen molar-refractivity contribution in [3.63, 3.8) is 0 Å². The highest BCUT2D eigenvalue weighted by Gasteiger charge is 2.52. The number of carbonyl (C=O) groups is 1. The van der Waals surface area contributed by atoms with Gasteiger partial charge >= 0.3 is 5.97 Å². The predicted molar refractivity (Wildman–Crippen MR) is 157 cm³/mol. The van der Waals surface area contributed by atoms with E-state index in [2.05, 4.69) is 39.7 Å². The van der Waals surface area contributed by atoms with Crippen molar-refractivity contribution < 1.29 is 18.8 Å². The maximum absolute atomic E-state index is 12.5. The van der Waals surface area contributed by atoms with Crippen LogP contribution in [0.3, 0.4) is 0 Å². The van der Waals surface area contributed by atoms with Crippen LogP contribution < -0.4 is 10.1 Å². The first-order valence-corrected chi connectivity index (χ1v) is 13.6. The van der Waals surface area contributed by atoms with E-state index in [1.54, 1.807) is 13.3 Å². The second-order valence-electron chi connectivity index (χ2n) is 10.0. The Kier molecular flexibility index (Phi) is 6.97. The minimum absolute atomic E-state index is 0.123. The summed E-state index contributed by atoms with van der Waals surface area (Å²) in [7, 11) is 1.59. The van der Waals surface area contributed by atoms with E-state index in [0.717, 1.165) is 57.7 Å². The van der Waals surface area contributed by atoms with Crippen LogP contribution in [0.2, 0.25) is 0 Å². The highest BCUT2D eigenvalue weighted by atomic mass is 16.5. The zero-order valence-corrected chi connectivity index (χ0v) is 23.2. The topological polar surface area (TPSA) is 99.4 Å². The molecule has 0 aliphatic heterocycles. The SMILES string of the molecule is CCOC(=O)C1(c2ccc(-c3ccc(-c4onc(C)c4Nc4cccc(-c5cccnc5OC)n4)cc3)cc2)CC1. The van der Waals surface area contributed by atoms with Crippen LogP contribution in [-0.4, -0.2) is 34.8 Å². The summed E-state index contributed by atoms with van der Waals surface area (Å²) >= 11 is 0. The van der Waals surface area contributed by atoms with Gasteiger partial charge in [-0.15, -0.1) is 0 Å². The Bertz CT molecular complexity index is 1690. The molecular weight excluding hydrogens is 516 g/mol. The highest BCUT2D eigenvalue weighted by Crippen LogP contribution is 2.49. The molecule has 1 aliphatic rings. The summed E-state index contributed by atoms with van der Waals surface area (Å²) in [6, 6.07) is 25.8. The molecule has 1 N–H and O–H groups in total. The number of benzene rings is 2. The van der Waals surface area contributed by atoms with Crippen LogP contribution in [0.4, 0.5) is 11.5 Å². The first-order valence-electron chi connectivity index (χ1n) is 13.6. The number of aromatic nitrogens is 3. The molecule has 206 valence electrons. The molecule has 0 amide bonds. The van der Waals surface area contributed by atoms with E-state index in [0.29, 0.717) is 24.1 Å². The third-order valence-corrected chi connectivity index (χ3v) is 7.44. The minimum Gasteiger partial charge on any atom is -0.481 e. The van der Waals surface area contributed by atoms with Crippen molar-refractivity contribution >= 4 is 17.5 Å². The number of nitrogens with one attached hydrogen (secondary N) is 1. The summed E-state index contributed by atoms with van der Waals surface area (Å²) in [5.74, 6) is 1.66. The van der Waals surface area contributed by atoms with Crippen LogP contribution in [0.1, 0.15) is 31.0 Å². The predicted octanol–water partition coefficient (Wildman–Crippen LogP) is 7.12. The molecular formula is C33H30N4O4. The molecule has 1 fully saturated rings. The lowest BCUT2D eigenvalue weighted by molar-refractivity contribution is -0.146. The third-order valence-electron chi connectivity index (χ3n) is 7.44. The van der Waals surface area contributed by atoms with Gasteiger partial charge in [-0.25, -0.2) is 9.97 Å². The van der Waals surface area contributed by atoms with E-state index in [9.17, 15) is 4.79 Å². The number of nitrogens with zero attached hydrogens (tertiary/aromatic N) is 3. The van der Waals surface area contributed by atoms with Crippen LogP contribution in [0.5, 0.6) is 5.88 Å². The van der Waals surface area contributed by atoms with Crippen LogP contribution in [-0.2, 0) is 14.9 Å². The number of pyridine rings is 2. The normalized spacial score (nSPS) is 13.4. The Hall–Kier alpha value is -4.98. The molecule has 5 aromatic rings. The van der Waals surface area contributed by atoms with Crippen LogP contribution in [0.15, 0.2) is 89.6 Å². The molecule has 41 heavy (non-hydrogen) atoms. The number of carbonyl (C=O) groups excluding carboxylic acids is 1. The summed E-state index contributed by atoms with van der Waals surface area (Å²) in [5, 5.41) is 7.60. The van der Waals surface area contributed by atoms with Crippen molar-refractivity contribution in [1.29, 1.82) is 0 Å². The van der Waals surface area contributed by atoms with Crippen LogP contribution in [0, 0.1) is 6.92 Å². The largest absolute Gasteiger partial charge is 0.481 e. The summed E-state index contributed by atoms with van der Waals surface area (Å²) in [6.07, 6.45) is 3.36. The molecule has 8 nitrogen and oxygen atoms in total. The summed E-state index contributed by atoms with van der Waals surface area (Å²) in [5.41, 5.74) is 6.58. The minimum atomic E-state index is -0.468. The number of hydrogen-bond acceptors (Lipinski definition) is 8. The summed E-state index contributed by atoms with van der Waals surface area (Å²) in [4.78, 5) is 21.5. The standard InChI is InChI=1S/C33H30N4O4/c1-4-40-32(38)33(18-19-33)25-16-14-23(15-17-25)22-10-12-24(13-11-22)30-29(21(2)37-41-30)36-28-9-5-8-27(35-28)26-7-6-20-34-31(26)39-3/h5-17,20H,4,18-19H2,1-3H3,(H,35,36). The molecule has 2 aromatic carbocycles. The molecule has 0 bridgehead atoms. The second kappa shape index (κ2) is 10.9. The second-order valence-corrected chi connectivity index (χ2v) is 10.0. The van der Waals surface area contributed by atoms with Crippen LogP contribution in [0.25, 0.3) is 33.7 Å². The lowest BCUT2D eigenvalue weighted by Crippen LogP contribution is -2.23. The van der Waals surface area contributed by atoms with E-state index < -0.39 is 5.41 Å². The van der Waals surface area contributed by atoms with Gasteiger partial charge in [-0.2, -0.15) is 0 Å². The van der Waals surface area contributed by atoms with Gasteiger partial charge in [-0.05, 0) is 67.6 Å². The zero-order chi connectivity index (χ0) is 28.4. The van der Waals surface area contributed by atoms with Crippen molar-refractivity contribution in [2.75, 3.05) is 19.0 Å². The molecule has 0 saturated heterocycles. The van der Waals surface area contributed by atoms with Crippen LogP contribution >= 0.6 is 0 Å². The van der Waals surface area contributed by atoms with Gasteiger partial charge in [0.05, 0.1) is 30.4 Å². The van der Waals surface area contributed by atoms with Gasteiger partial charge in [0.25, 0.3) is 0 Å². The highest BCUT2D eigenvalue weighted by molar-refractivity contribution is 5.87. The molecule has 1 saturated carbocycles. The Balaban J connectivity index is 1.22. The Morgan fingerprint density at radius 1 is 0.951 bits per heavy atom. The first kappa shape index (κ1) is 26.3. The van der Waals surface area contributed by atoms with Crippen molar-refractivity contribution in [1.82, 2.24) is 15.1 Å². The van der Waals surface area contributed by atoms with E-state index in [1.165, 1.54) is 0 Å². The van der Waals surface area contributed by atoms with Gasteiger partial charge in [0.2, 0.25) is 5.88 Å². The Morgan fingerprint density at radius 2 is 1.66 bits per heavy atom. The van der Waals surface area contributed by atoms with E-state index in [4.69, 9.17) is 19.0 Å². The molecule has 3 aromatic heterocycles. The summed E-state index contributed by atoms with van der Waals surface area (Å²) < 4.78 is 16.5. The number of aryl methyl sites for hydroxylation is 1. The Labute approximate surface area is 238 Å². The van der Waals surface area contributed by atoms with Gasteiger partial charge in [-0.1, -0.05) is 59.8 Å². The molecule has 0 unspecified atom stereocenters. The maximum atomic E-state index is 12.5. The Morgan fingerprint density at radius 3 is 2.34 bits per heavy atom. The maximum Gasteiger partial charge on any atom is 0.316 e. The smallest absolute Gasteiger partial charge is 0.316 e. The van der Waals surface area contributed by atoms with Crippen molar-refractivity contribution in [2.45, 2.75) is 32.1 Å². The number of hydrogen-bond donors (Lipinski definition) is 1. The molecule has 3 heterocycles. The summed E-state index contributed by atoms with van der Waals surface area (Å²) in [6.45, 7) is 4.13. The number of methoxy groups -OCH3 is 1. The molecule has 1 aliphatic carbocycles. The fraction of sp³-hybridized carbons (Fsp3) is 0.212. The number of rotatable bonds is 9. The van der Waals surface area contributed by atoms with Gasteiger partial charge in [0.15, 0.2) is 5.76 Å². The van der Waals surface area contributed by atoms with Gasteiger partial charge in [0, 0.05) is 11.8 Å². The molecule has 0 atom stereocenters. The van der Waals surface area contributed by atoms with E-state index in [-0.39, 0.29) is 5.97 Å². The van der Waals surface area contributed by atoms with Gasteiger partial charge < -0.3 is 19.3 Å². The van der Waals surface area contributed by atoms with Gasteiger partial charge in [-0.3, -0.25) is 4.79 Å². The van der Waals surface area contributed by atoms with E-state index >= 15 is 0 Å². The van der Waals surface area contributed by atoms with Crippen molar-refractivity contribution in [3.05, 3.63) is 96.3 Å². The van der Waals surface area contributed by atoms with Gasteiger partial charge in [0.1, 0.15) is 17.2 Å². The van der Waals surface area contributed by atoms with Crippen molar-refractivity contribution in [2.24, 2.45) is 0 Å². The number of anilines is 2. The molecule has 6 rings (SSSR count). The molecule has 0 radical (unpaired) electrons. The molecule has 8 heteroatoms. The average Bonchev–Trinajstić information content (AvgIpc) is 3.76. The average molecular weight is 547 g/mol. The van der Waals surface area contributed by atoms with Crippen molar-refractivity contribution in [3.8, 4) is 39.6 Å². The fourth-order valence-electron chi connectivity index (χ4n) is 5.05. The zero-order valence-electron chi connectivity index (χ0n) is 23.2. The lowest BCUT2D eigenvalue weighted by atomic mass is 9.93. The number of ether oxygens (including phenoxy) is 2. The quantitative estimate of drug-likeness (QED) is 0.195. The number of esters is 1. The third kappa shape index (κ3) is 5.04. The molecule has 0 spiro atoms. The first-order chi connectivity index (χ1) is 20.0. The fourth-order valence-corrected chi connectivity index (χ4v) is 5.05. The van der Waals surface area contributed by atoms with E-state index in [1.807, 2.05) is 68.4 Å².